The third kappa shape index (κ3) is 3.61. The first-order valence-electron chi connectivity index (χ1n) is 6.90. The molecule has 0 radical (unpaired) electrons. The molecule has 1 heterocycles. The summed E-state index contributed by atoms with van der Waals surface area (Å²) in [7, 11) is 0. The fraction of sp³-hybridized carbons (Fsp3) is 0.400. The number of rotatable bonds is 5. The van der Waals surface area contributed by atoms with Crippen LogP contribution in [-0.2, 0) is 20.9 Å². The minimum atomic E-state index is -0.722. The number of hydrogen-bond donors (Lipinski definition) is 1. The molecule has 2 rings (SSSR count). The first kappa shape index (κ1) is 15.5. The standard InChI is InChI=1S/C15H17ClN2O3/c1-2-12(18-13(19)7-8-14(18)20)15(21)17-9-10-3-5-11(16)6-4-10/h3-6,12H,2,7-9H2,1H3,(H,17,21). The molecular formula is C15H17ClN2O3. The highest BCUT2D eigenvalue weighted by atomic mass is 35.5. The van der Waals surface area contributed by atoms with Crippen molar-refractivity contribution in [3.05, 3.63) is 34.9 Å². The fourth-order valence-electron chi connectivity index (χ4n) is 2.34. The van der Waals surface area contributed by atoms with Crippen LogP contribution in [0.1, 0.15) is 31.7 Å². The fourth-order valence-corrected chi connectivity index (χ4v) is 2.46. The number of carbonyl (C=O) groups is 3. The van der Waals surface area contributed by atoms with Crippen molar-refractivity contribution in [1.29, 1.82) is 0 Å². The van der Waals surface area contributed by atoms with Crippen LogP contribution in [0, 0.1) is 0 Å². The van der Waals surface area contributed by atoms with Crippen LogP contribution in [0.5, 0.6) is 0 Å². The van der Waals surface area contributed by atoms with Crippen molar-refractivity contribution in [1.82, 2.24) is 10.2 Å². The molecule has 1 aliphatic heterocycles. The van der Waals surface area contributed by atoms with E-state index >= 15 is 0 Å². The van der Waals surface area contributed by atoms with Crippen molar-refractivity contribution in [2.24, 2.45) is 0 Å². The van der Waals surface area contributed by atoms with Gasteiger partial charge in [-0.2, -0.15) is 0 Å². The zero-order chi connectivity index (χ0) is 15.4. The lowest BCUT2D eigenvalue weighted by molar-refractivity contribution is -0.146. The zero-order valence-corrected chi connectivity index (χ0v) is 12.5. The molecular weight excluding hydrogens is 292 g/mol. The lowest BCUT2D eigenvalue weighted by Crippen LogP contribution is -2.48. The average molecular weight is 309 g/mol. The molecule has 1 saturated heterocycles. The molecule has 1 aromatic rings. The molecule has 1 fully saturated rings. The van der Waals surface area contributed by atoms with Crippen molar-refractivity contribution in [3.63, 3.8) is 0 Å². The number of carbonyl (C=O) groups excluding carboxylic acids is 3. The van der Waals surface area contributed by atoms with E-state index in [0.29, 0.717) is 18.0 Å². The maximum atomic E-state index is 12.2. The highest BCUT2D eigenvalue weighted by Crippen LogP contribution is 2.17. The van der Waals surface area contributed by atoms with Crippen LogP contribution in [-0.4, -0.2) is 28.7 Å². The summed E-state index contributed by atoms with van der Waals surface area (Å²) in [5, 5.41) is 3.39. The second-order valence-electron chi connectivity index (χ2n) is 4.93. The summed E-state index contributed by atoms with van der Waals surface area (Å²) in [6.45, 7) is 2.12. The van der Waals surface area contributed by atoms with Gasteiger partial charge in [-0.05, 0) is 24.1 Å². The Hall–Kier alpha value is -1.88. The Balaban J connectivity index is 1.98. The van der Waals surface area contributed by atoms with E-state index in [-0.39, 0.29) is 30.6 Å². The highest BCUT2D eigenvalue weighted by Gasteiger charge is 2.37. The molecule has 6 heteroatoms. The monoisotopic (exact) mass is 308 g/mol. The molecule has 0 bridgehead atoms. The van der Waals surface area contributed by atoms with Crippen molar-refractivity contribution in [3.8, 4) is 0 Å². The van der Waals surface area contributed by atoms with Crippen molar-refractivity contribution in [2.75, 3.05) is 0 Å². The number of likely N-dealkylation sites (tertiary alicyclic amines) is 1. The van der Waals surface area contributed by atoms with E-state index in [9.17, 15) is 14.4 Å². The summed E-state index contributed by atoms with van der Waals surface area (Å²) in [5.41, 5.74) is 0.904. The van der Waals surface area contributed by atoms with Gasteiger partial charge in [-0.15, -0.1) is 0 Å². The molecule has 0 aliphatic carbocycles. The molecule has 1 aromatic carbocycles. The summed E-state index contributed by atoms with van der Waals surface area (Å²) in [6, 6.07) is 6.40. The summed E-state index contributed by atoms with van der Waals surface area (Å²) >= 11 is 5.80. The maximum Gasteiger partial charge on any atom is 0.243 e. The minimum Gasteiger partial charge on any atom is -0.350 e. The van der Waals surface area contributed by atoms with Crippen molar-refractivity contribution in [2.45, 2.75) is 38.8 Å². The molecule has 1 aliphatic rings. The third-order valence-electron chi connectivity index (χ3n) is 3.47. The van der Waals surface area contributed by atoms with Gasteiger partial charge < -0.3 is 5.32 Å². The Morgan fingerprint density at radius 3 is 2.33 bits per heavy atom. The molecule has 112 valence electrons. The van der Waals surface area contributed by atoms with Gasteiger partial charge in [-0.1, -0.05) is 30.7 Å². The van der Waals surface area contributed by atoms with Crippen LogP contribution in [0.4, 0.5) is 0 Å². The van der Waals surface area contributed by atoms with Gasteiger partial charge in [0.05, 0.1) is 0 Å². The summed E-state index contributed by atoms with van der Waals surface area (Å²) < 4.78 is 0. The van der Waals surface area contributed by atoms with Crippen LogP contribution in [0.25, 0.3) is 0 Å². The van der Waals surface area contributed by atoms with E-state index < -0.39 is 6.04 Å². The molecule has 1 atom stereocenters. The smallest absolute Gasteiger partial charge is 0.243 e. The maximum absolute atomic E-state index is 12.2. The SMILES string of the molecule is CCC(C(=O)NCc1ccc(Cl)cc1)N1C(=O)CCC1=O. The van der Waals surface area contributed by atoms with Crippen LogP contribution in [0.2, 0.25) is 5.02 Å². The van der Waals surface area contributed by atoms with Gasteiger partial charge in [0.25, 0.3) is 0 Å². The molecule has 0 spiro atoms. The van der Waals surface area contributed by atoms with Crippen LogP contribution in [0.15, 0.2) is 24.3 Å². The number of halogens is 1. The second kappa shape index (κ2) is 6.72. The van der Waals surface area contributed by atoms with Gasteiger partial charge in [-0.25, -0.2) is 0 Å². The minimum absolute atomic E-state index is 0.194. The van der Waals surface area contributed by atoms with Crippen LogP contribution < -0.4 is 5.32 Å². The quantitative estimate of drug-likeness (QED) is 0.845. The Kier molecular flexibility index (Phi) is 4.96. The van der Waals surface area contributed by atoms with E-state index in [1.165, 1.54) is 0 Å². The average Bonchev–Trinajstić information content (AvgIpc) is 2.80. The Bertz CT molecular complexity index is 541. The van der Waals surface area contributed by atoms with Crippen LogP contribution >= 0.6 is 11.6 Å². The highest BCUT2D eigenvalue weighted by molar-refractivity contribution is 6.30. The lowest BCUT2D eigenvalue weighted by Gasteiger charge is -2.24. The Morgan fingerprint density at radius 2 is 1.81 bits per heavy atom. The number of benzene rings is 1. The van der Waals surface area contributed by atoms with Crippen molar-refractivity contribution < 1.29 is 14.4 Å². The van der Waals surface area contributed by atoms with Gasteiger partial charge >= 0.3 is 0 Å². The summed E-state index contributed by atoms with van der Waals surface area (Å²) in [6.07, 6.45) is 0.795. The van der Waals surface area contributed by atoms with E-state index in [1.807, 2.05) is 12.1 Å². The number of hydrogen-bond acceptors (Lipinski definition) is 3. The first-order valence-corrected chi connectivity index (χ1v) is 7.27. The zero-order valence-electron chi connectivity index (χ0n) is 11.8. The van der Waals surface area contributed by atoms with Crippen LogP contribution in [0.3, 0.4) is 0 Å². The summed E-state index contributed by atoms with van der Waals surface area (Å²) in [5.74, 6) is -0.849. The molecule has 1 N–H and O–H groups in total. The normalized spacial score (nSPS) is 16.2. The van der Waals surface area contributed by atoms with E-state index in [1.54, 1.807) is 19.1 Å². The largest absolute Gasteiger partial charge is 0.350 e. The molecule has 3 amide bonds. The Morgan fingerprint density at radius 1 is 1.24 bits per heavy atom. The predicted octanol–water partition coefficient (Wildman–Crippen LogP) is 1.88. The molecule has 1 unspecified atom stereocenters. The Labute approximate surface area is 128 Å². The number of imide groups is 1. The third-order valence-corrected chi connectivity index (χ3v) is 3.72. The molecule has 21 heavy (non-hydrogen) atoms. The number of amides is 3. The number of nitrogens with zero attached hydrogens (tertiary/aromatic N) is 1. The van der Waals surface area contributed by atoms with Gasteiger partial charge in [0.15, 0.2) is 0 Å². The van der Waals surface area contributed by atoms with E-state index in [2.05, 4.69) is 5.32 Å². The van der Waals surface area contributed by atoms with E-state index in [4.69, 9.17) is 11.6 Å². The predicted molar refractivity (Wildman–Crippen MR) is 78.5 cm³/mol. The molecule has 0 saturated carbocycles. The van der Waals surface area contributed by atoms with Gasteiger partial charge in [0, 0.05) is 24.4 Å². The van der Waals surface area contributed by atoms with Gasteiger partial charge in [0.2, 0.25) is 17.7 Å². The summed E-state index contributed by atoms with van der Waals surface area (Å²) in [4.78, 5) is 36.7. The van der Waals surface area contributed by atoms with Gasteiger partial charge in [-0.3, -0.25) is 19.3 Å². The second-order valence-corrected chi connectivity index (χ2v) is 5.36. The van der Waals surface area contributed by atoms with Crippen molar-refractivity contribution >= 4 is 29.3 Å². The molecule has 5 nitrogen and oxygen atoms in total. The topological polar surface area (TPSA) is 66.5 Å². The van der Waals surface area contributed by atoms with E-state index in [0.717, 1.165) is 10.5 Å². The first-order chi connectivity index (χ1) is 10.0. The number of nitrogens with one attached hydrogen (secondary N) is 1. The van der Waals surface area contributed by atoms with Gasteiger partial charge in [0.1, 0.15) is 6.04 Å². The lowest BCUT2D eigenvalue weighted by atomic mass is 10.1. The molecule has 0 aromatic heterocycles.